The fraction of sp³-hybridized carbons (Fsp3) is 0.500. The molecule has 0 bridgehead atoms. The second kappa shape index (κ2) is 4.38. The van der Waals surface area contributed by atoms with E-state index in [0.29, 0.717) is 0 Å². The third-order valence-corrected chi connectivity index (χ3v) is 3.12. The van der Waals surface area contributed by atoms with E-state index in [4.69, 9.17) is 9.66 Å². The second-order valence-corrected chi connectivity index (χ2v) is 4.37. The van der Waals surface area contributed by atoms with Crippen molar-refractivity contribution in [2.24, 2.45) is 5.14 Å². The summed E-state index contributed by atoms with van der Waals surface area (Å²) in [5.41, 5.74) is 3.36. The summed E-state index contributed by atoms with van der Waals surface area (Å²) in [7, 11) is 2.11. The Hall–Kier alpha value is -0.780. The number of nitrogens with two attached hydrogens (primary N) is 1. The van der Waals surface area contributed by atoms with Crippen LogP contribution < -0.4 is 5.14 Å². The van der Waals surface area contributed by atoms with Gasteiger partial charge in [-0.25, -0.2) is 0 Å². The van der Waals surface area contributed by atoms with E-state index < -0.39 is 0 Å². The molecule has 0 unspecified atom stereocenters. The SMILES string of the molecule is C/C(=C\SN)c1onc2c1CN(C)CC2. The molecule has 1 aromatic rings. The average molecular weight is 225 g/mol. The first-order valence-electron chi connectivity index (χ1n) is 4.91. The lowest BCUT2D eigenvalue weighted by Gasteiger charge is -2.21. The van der Waals surface area contributed by atoms with Gasteiger partial charge in [-0.05, 0) is 19.4 Å². The molecule has 0 aromatic carbocycles. The maximum atomic E-state index is 5.41. The van der Waals surface area contributed by atoms with Gasteiger partial charge in [-0.3, -0.25) is 5.14 Å². The Bertz CT molecular complexity index is 386. The van der Waals surface area contributed by atoms with Crippen LogP contribution in [0.1, 0.15) is 23.9 Å². The lowest BCUT2D eigenvalue weighted by molar-refractivity contribution is 0.311. The Balaban J connectivity index is 2.34. The molecule has 15 heavy (non-hydrogen) atoms. The minimum absolute atomic E-state index is 0.884. The van der Waals surface area contributed by atoms with Crippen molar-refractivity contribution in [2.75, 3.05) is 13.6 Å². The summed E-state index contributed by atoms with van der Waals surface area (Å²) in [6.07, 6.45) is 0.971. The number of hydrogen-bond donors (Lipinski definition) is 1. The van der Waals surface area contributed by atoms with E-state index in [9.17, 15) is 0 Å². The summed E-state index contributed by atoms with van der Waals surface area (Å²) >= 11 is 1.20. The van der Waals surface area contributed by atoms with Crippen LogP contribution >= 0.6 is 11.9 Å². The highest BCUT2D eigenvalue weighted by Gasteiger charge is 2.22. The Labute approximate surface area is 93.6 Å². The summed E-state index contributed by atoms with van der Waals surface area (Å²) in [6.45, 7) is 3.96. The number of aromatic nitrogens is 1. The van der Waals surface area contributed by atoms with E-state index in [1.54, 1.807) is 0 Å². The van der Waals surface area contributed by atoms with Crippen LogP contribution in [0, 0.1) is 0 Å². The van der Waals surface area contributed by atoms with Gasteiger partial charge in [-0.1, -0.05) is 17.1 Å². The minimum Gasteiger partial charge on any atom is -0.356 e. The second-order valence-electron chi connectivity index (χ2n) is 3.86. The third-order valence-electron chi connectivity index (χ3n) is 2.63. The van der Waals surface area contributed by atoms with Crippen LogP contribution in [-0.4, -0.2) is 23.6 Å². The molecule has 0 spiro atoms. The zero-order valence-electron chi connectivity index (χ0n) is 8.99. The summed E-state index contributed by atoms with van der Waals surface area (Å²) in [4.78, 5) is 2.27. The van der Waals surface area contributed by atoms with Crippen molar-refractivity contribution in [1.29, 1.82) is 0 Å². The van der Waals surface area contributed by atoms with Gasteiger partial charge >= 0.3 is 0 Å². The molecule has 82 valence electrons. The molecule has 5 heteroatoms. The number of nitrogens with zero attached hydrogens (tertiary/aromatic N) is 2. The Morgan fingerprint density at radius 2 is 2.47 bits per heavy atom. The highest BCUT2D eigenvalue weighted by Crippen LogP contribution is 2.27. The van der Waals surface area contributed by atoms with Gasteiger partial charge in [0.1, 0.15) is 0 Å². The lowest BCUT2D eigenvalue weighted by Crippen LogP contribution is -2.26. The largest absolute Gasteiger partial charge is 0.356 e. The summed E-state index contributed by atoms with van der Waals surface area (Å²) in [6, 6.07) is 0. The molecule has 1 aromatic heterocycles. The summed E-state index contributed by atoms with van der Waals surface area (Å²) in [5.74, 6) is 0.884. The smallest absolute Gasteiger partial charge is 0.167 e. The zero-order chi connectivity index (χ0) is 10.8. The van der Waals surface area contributed by atoms with E-state index in [1.165, 1.54) is 17.5 Å². The molecular formula is C10H15N3OS. The van der Waals surface area contributed by atoms with E-state index >= 15 is 0 Å². The van der Waals surface area contributed by atoms with Crippen LogP contribution in [0.3, 0.4) is 0 Å². The van der Waals surface area contributed by atoms with Crippen molar-refractivity contribution in [1.82, 2.24) is 10.1 Å². The van der Waals surface area contributed by atoms with Crippen LogP contribution in [-0.2, 0) is 13.0 Å². The molecule has 0 amide bonds. The fourth-order valence-corrected chi connectivity index (χ4v) is 2.12. The minimum atomic E-state index is 0.884. The van der Waals surface area contributed by atoms with Gasteiger partial charge in [-0.15, -0.1) is 0 Å². The maximum absolute atomic E-state index is 5.41. The topological polar surface area (TPSA) is 55.3 Å². The molecular weight excluding hydrogens is 210 g/mol. The van der Waals surface area contributed by atoms with Crippen molar-refractivity contribution < 1.29 is 4.52 Å². The van der Waals surface area contributed by atoms with Gasteiger partial charge in [0.15, 0.2) is 5.76 Å². The number of likely N-dealkylation sites (N-methyl/N-ethyl adjacent to an activating group) is 1. The van der Waals surface area contributed by atoms with Gasteiger partial charge in [-0.2, -0.15) is 0 Å². The van der Waals surface area contributed by atoms with E-state index in [-0.39, 0.29) is 0 Å². The van der Waals surface area contributed by atoms with Crippen LogP contribution in [0.2, 0.25) is 0 Å². The van der Waals surface area contributed by atoms with E-state index in [1.807, 2.05) is 12.3 Å². The van der Waals surface area contributed by atoms with Crippen LogP contribution in [0.4, 0.5) is 0 Å². The Kier molecular flexibility index (Phi) is 3.14. The molecule has 0 radical (unpaired) electrons. The summed E-state index contributed by atoms with van der Waals surface area (Å²) in [5, 5.41) is 11.4. The third kappa shape index (κ3) is 2.09. The standard InChI is InChI=1S/C10H15N3OS/c1-7(6-15-11)10-8-5-13(2)4-3-9(8)12-14-10/h6H,3-5,11H2,1-2H3/b7-6+. The van der Waals surface area contributed by atoms with Crippen LogP contribution in [0.15, 0.2) is 9.93 Å². The summed E-state index contributed by atoms with van der Waals surface area (Å²) < 4.78 is 5.37. The van der Waals surface area contributed by atoms with Gasteiger partial charge in [0.05, 0.1) is 5.69 Å². The molecule has 0 aliphatic carbocycles. The number of fused-ring (bicyclic) bond motifs is 1. The number of rotatable bonds is 2. The average Bonchev–Trinajstić information content (AvgIpc) is 2.60. The Morgan fingerprint density at radius 1 is 1.67 bits per heavy atom. The number of allylic oxidation sites excluding steroid dienone is 1. The first-order valence-corrected chi connectivity index (χ1v) is 5.85. The molecule has 0 saturated carbocycles. The van der Waals surface area contributed by atoms with Crippen molar-refractivity contribution in [3.63, 3.8) is 0 Å². The normalized spacial score (nSPS) is 17.9. The van der Waals surface area contributed by atoms with E-state index in [2.05, 4.69) is 17.1 Å². The van der Waals surface area contributed by atoms with Crippen molar-refractivity contribution in [2.45, 2.75) is 19.9 Å². The fourth-order valence-electron chi connectivity index (χ4n) is 1.81. The van der Waals surface area contributed by atoms with Gasteiger partial charge in [0.25, 0.3) is 0 Å². The molecule has 4 nitrogen and oxygen atoms in total. The van der Waals surface area contributed by atoms with Crippen molar-refractivity contribution in [3.05, 3.63) is 22.4 Å². The molecule has 2 N–H and O–H groups in total. The van der Waals surface area contributed by atoms with Crippen molar-refractivity contribution >= 4 is 17.5 Å². The lowest BCUT2D eigenvalue weighted by atomic mass is 10.0. The molecule has 1 aliphatic rings. The molecule has 2 heterocycles. The quantitative estimate of drug-likeness (QED) is 0.775. The predicted octanol–water partition coefficient (Wildman–Crippen LogP) is 1.63. The van der Waals surface area contributed by atoms with Crippen molar-refractivity contribution in [3.8, 4) is 0 Å². The van der Waals surface area contributed by atoms with E-state index in [0.717, 1.165) is 36.5 Å². The predicted molar refractivity (Wildman–Crippen MR) is 62.0 cm³/mol. The monoisotopic (exact) mass is 225 g/mol. The molecule has 1 aliphatic heterocycles. The van der Waals surface area contributed by atoms with Gasteiger partial charge in [0, 0.05) is 30.6 Å². The number of hydrogen-bond acceptors (Lipinski definition) is 5. The maximum Gasteiger partial charge on any atom is 0.167 e. The molecule has 0 saturated heterocycles. The highest BCUT2D eigenvalue weighted by atomic mass is 32.2. The first-order chi connectivity index (χ1) is 7.22. The highest BCUT2D eigenvalue weighted by molar-refractivity contribution is 8.00. The van der Waals surface area contributed by atoms with Gasteiger partial charge < -0.3 is 9.42 Å². The first kappa shape index (κ1) is 10.7. The molecule has 0 atom stereocenters. The van der Waals surface area contributed by atoms with Gasteiger partial charge in [0.2, 0.25) is 0 Å². The zero-order valence-corrected chi connectivity index (χ0v) is 9.80. The Morgan fingerprint density at radius 3 is 3.20 bits per heavy atom. The van der Waals surface area contributed by atoms with Crippen LogP contribution in [0.5, 0.6) is 0 Å². The van der Waals surface area contributed by atoms with Crippen LogP contribution in [0.25, 0.3) is 5.57 Å². The molecule has 2 rings (SSSR count). The molecule has 0 fully saturated rings.